The third kappa shape index (κ3) is 4.59. The summed E-state index contributed by atoms with van der Waals surface area (Å²) in [5.74, 6) is 0.851. The predicted octanol–water partition coefficient (Wildman–Crippen LogP) is 2.37. The van der Waals surface area contributed by atoms with Gasteiger partial charge < -0.3 is 19.7 Å². The highest BCUT2D eigenvalue weighted by atomic mass is 32.2. The lowest BCUT2D eigenvalue weighted by Gasteiger charge is -2.34. The second kappa shape index (κ2) is 8.72. The molecule has 166 valence electrons. The first-order chi connectivity index (χ1) is 14.8. The number of hydrogen-bond acceptors (Lipinski definition) is 5. The number of carbonyl (C=O) groups excluding carboxylic acids is 1. The first-order valence-electron chi connectivity index (χ1n) is 10.1. The Morgan fingerprint density at radius 1 is 1.00 bits per heavy atom. The van der Waals surface area contributed by atoms with Gasteiger partial charge in [-0.1, -0.05) is 6.07 Å². The van der Waals surface area contributed by atoms with Crippen molar-refractivity contribution < 1.29 is 27.1 Å². The highest BCUT2D eigenvalue weighted by Crippen LogP contribution is 2.32. The van der Waals surface area contributed by atoms with E-state index in [9.17, 15) is 17.6 Å². The summed E-state index contributed by atoms with van der Waals surface area (Å²) in [6.07, 6.45) is 0. The fourth-order valence-electron chi connectivity index (χ4n) is 3.58. The normalized spacial score (nSPS) is 17.8. The first-order valence-corrected chi connectivity index (χ1v) is 11.5. The Labute approximate surface area is 180 Å². The molecule has 0 spiro atoms. The number of urea groups is 1. The Balaban J connectivity index is 1.34. The minimum absolute atomic E-state index is 0.0408. The molecular formula is C21H24FN3O5S. The van der Waals surface area contributed by atoms with Crippen molar-refractivity contribution in [2.75, 3.05) is 39.4 Å². The lowest BCUT2D eigenvalue weighted by Crippen LogP contribution is -2.53. The number of ether oxygens (including phenoxy) is 2. The van der Waals surface area contributed by atoms with E-state index in [-0.39, 0.29) is 43.1 Å². The van der Waals surface area contributed by atoms with Gasteiger partial charge in [0.2, 0.25) is 10.0 Å². The molecule has 1 saturated heterocycles. The van der Waals surface area contributed by atoms with Crippen molar-refractivity contribution in [3.8, 4) is 11.5 Å². The fourth-order valence-corrected chi connectivity index (χ4v) is 5.00. The van der Waals surface area contributed by atoms with Crippen LogP contribution >= 0.6 is 0 Å². The molecule has 10 heteroatoms. The maximum Gasteiger partial charge on any atom is 0.317 e. The van der Waals surface area contributed by atoms with Crippen molar-refractivity contribution in [3.05, 3.63) is 53.8 Å². The summed E-state index contributed by atoms with van der Waals surface area (Å²) in [7, 11) is -3.72. The highest BCUT2D eigenvalue weighted by molar-refractivity contribution is 7.89. The monoisotopic (exact) mass is 449 g/mol. The van der Waals surface area contributed by atoms with Crippen LogP contribution in [-0.4, -0.2) is 63.0 Å². The fraction of sp³-hybridized carbons (Fsp3) is 0.381. The average molecular weight is 450 g/mol. The van der Waals surface area contributed by atoms with Crippen molar-refractivity contribution in [2.24, 2.45) is 0 Å². The molecule has 4 rings (SSSR count). The topological polar surface area (TPSA) is 88.2 Å². The molecule has 2 heterocycles. The molecule has 1 atom stereocenters. The number of sulfonamides is 1. The Kier molecular flexibility index (Phi) is 6.01. The zero-order chi connectivity index (χ0) is 22.0. The summed E-state index contributed by atoms with van der Waals surface area (Å²) in [6.45, 7) is 3.75. The van der Waals surface area contributed by atoms with Crippen LogP contribution in [0.4, 0.5) is 9.18 Å². The smallest absolute Gasteiger partial charge is 0.317 e. The minimum Gasteiger partial charge on any atom is -0.486 e. The molecular weight excluding hydrogens is 425 g/mol. The molecule has 2 aliphatic heterocycles. The molecule has 2 aliphatic rings. The summed E-state index contributed by atoms with van der Waals surface area (Å²) in [6, 6.07) is 9.78. The van der Waals surface area contributed by atoms with Crippen LogP contribution in [0.1, 0.15) is 18.5 Å². The van der Waals surface area contributed by atoms with Gasteiger partial charge in [-0.15, -0.1) is 0 Å². The number of benzene rings is 2. The van der Waals surface area contributed by atoms with Gasteiger partial charge in [0, 0.05) is 26.2 Å². The van der Waals surface area contributed by atoms with Gasteiger partial charge in [-0.25, -0.2) is 17.6 Å². The Bertz CT molecular complexity index is 1050. The zero-order valence-electron chi connectivity index (χ0n) is 17.1. The largest absolute Gasteiger partial charge is 0.486 e. The van der Waals surface area contributed by atoms with E-state index < -0.39 is 15.8 Å². The third-order valence-corrected chi connectivity index (χ3v) is 7.30. The van der Waals surface area contributed by atoms with Crippen molar-refractivity contribution in [1.29, 1.82) is 0 Å². The van der Waals surface area contributed by atoms with E-state index in [2.05, 4.69) is 5.32 Å². The third-order valence-electron chi connectivity index (χ3n) is 5.38. The number of piperazine rings is 1. The molecule has 2 aromatic rings. The van der Waals surface area contributed by atoms with Crippen LogP contribution in [0.2, 0.25) is 0 Å². The van der Waals surface area contributed by atoms with E-state index in [1.807, 2.05) is 25.1 Å². The number of hydrogen-bond donors (Lipinski definition) is 1. The quantitative estimate of drug-likeness (QED) is 0.774. The summed E-state index contributed by atoms with van der Waals surface area (Å²) in [4.78, 5) is 14.3. The van der Waals surface area contributed by atoms with E-state index in [1.54, 1.807) is 4.90 Å². The SMILES string of the molecule is C[C@H](NC(=O)N1CCN(S(=O)(=O)c2ccc(F)cc2)CC1)c1ccc2c(c1)OCCO2. The van der Waals surface area contributed by atoms with Crippen LogP contribution in [-0.2, 0) is 10.0 Å². The van der Waals surface area contributed by atoms with Crippen molar-refractivity contribution >= 4 is 16.1 Å². The molecule has 0 aromatic heterocycles. The molecule has 0 bridgehead atoms. The van der Waals surface area contributed by atoms with E-state index in [0.717, 1.165) is 17.7 Å². The van der Waals surface area contributed by atoms with Crippen molar-refractivity contribution in [3.63, 3.8) is 0 Å². The van der Waals surface area contributed by atoms with Crippen LogP contribution in [0.5, 0.6) is 11.5 Å². The van der Waals surface area contributed by atoms with Gasteiger partial charge in [0.15, 0.2) is 11.5 Å². The number of fused-ring (bicyclic) bond motifs is 1. The molecule has 8 nitrogen and oxygen atoms in total. The van der Waals surface area contributed by atoms with Gasteiger partial charge in [0.1, 0.15) is 19.0 Å². The zero-order valence-corrected chi connectivity index (χ0v) is 17.9. The predicted molar refractivity (Wildman–Crippen MR) is 111 cm³/mol. The second-order valence-corrected chi connectivity index (χ2v) is 9.36. The Morgan fingerprint density at radius 2 is 1.65 bits per heavy atom. The molecule has 0 aliphatic carbocycles. The number of nitrogens with zero attached hydrogens (tertiary/aromatic N) is 2. The molecule has 2 aromatic carbocycles. The summed E-state index contributed by atoms with van der Waals surface area (Å²) in [5, 5.41) is 2.95. The van der Waals surface area contributed by atoms with Crippen molar-refractivity contribution in [2.45, 2.75) is 17.9 Å². The van der Waals surface area contributed by atoms with Gasteiger partial charge in [0.25, 0.3) is 0 Å². The molecule has 0 unspecified atom stereocenters. The maximum atomic E-state index is 13.1. The van der Waals surface area contributed by atoms with Crippen LogP contribution in [0, 0.1) is 5.82 Å². The van der Waals surface area contributed by atoms with Crippen LogP contribution in [0.15, 0.2) is 47.4 Å². The first kappa shape index (κ1) is 21.4. The van der Waals surface area contributed by atoms with Gasteiger partial charge in [-0.3, -0.25) is 0 Å². The summed E-state index contributed by atoms with van der Waals surface area (Å²) >= 11 is 0. The highest BCUT2D eigenvalue weighted by Gasteiger charge is 2.30. The summed E-state index contributed by atoms with van der Waals surface area (Å²) < 4.78 is 51.0. The van der Waals surface area contributed by atoms with E-state index >= 15 is 0 Å². The average Bonchev–Trinajstić information content (AvgIpc) is 2.79. The lowest BCUT2D eigenvalue weighted by atomic mass is 10.1. The van der Waals surface area contributed by atoms with Gasteiger partial charge >= 0.3 is 6.03 Å². The standard InChI is InChI=1S/C21H24FN3O5S/c1-15(16-2-7-19-20(14-16)30-13-12-29-19)23-21(26)24-8-10-25(11-9-24)31(27,28)18-5-3-17(22)4-6-18/h2-7,14-15H,8-13H2,1H3,(H,23,26)/t15-/m0/s1. The van der Waals surface area contributed by atoms with Crippen LogP contribution in [0.3, 0.4) is 0 Å². The summed E-state index contributed by atoms with van der Waals surface area (Å²) in [5.41, 5.74) is 0.884. The van der Waals surface area contributed by atoms with E-state index in [1.165, 1.54) is 16.4 Å². The number of nitrogens with one attached hydrogen (secondary N) is 1. The molecule has 0 radical (unpaired) electrons. The van der Waals surface area contributed by atoms with Gasteiger partial charge in [0.05, 0.1) is 10.9 Å². The number of rotatable bonds is 4. The second-order valence-electron chi connectivity index (χ2n) is 7.42. The molecule has 1 fully saturated rings. The van der Waals surface area contributed by atoms with Gasteiger partial charge in [-0.2, -0.15) is 4.31 Å². The number of amides is 2. The molecule has 2 amide bonds. The van der Waals surface area contributed by atoms with Crippen LogP contribution < -0.4 is 14.8 Å². The van der Waals surface area contributed by atoms with E-state index in [0.29, 0.717) is 24.7 Å². The Morgan fingerprint density at radius 3 is 2.32 bits per heavy atom. The lowest BCUT2D eigenvalue weighted by molar-refractivity contribution is 0.168. The molecule has 31 heavy (non-hydrogen) atoms. The van der Waals surface area contributed by atoms with Crippen molar-refractivity contribution in [1.82, 2.24) is 14.5 Å². The number of carbonyl (C=O) groups is 1. The molecule has 1 N–H and O–H groups in total. The molecule has 0 saturated carbocycles. The van der Waals surface area contributed by atoms with Crippen LogP contribution in [0.25, 0.3) is 0 Å². The number of halogens is 1. The maximum absolute atomic E-state index is 13.1. The minimum atomic E-state index is -3.72. The van der Waals surface area contributed by atoms with E-state index in [4.69, 9.17) is 9.47 Å². The van der Waals surface area contributed by atoms with Gasteiger partial charge in [-0.05, 0) is 48.9 Å². The Hall–Kier alpha value is -2.85.